The summed E-state index contributed by atoms with van der Waals surface area (Å²) in [7, 11) is 0. The molecule has 0 aliphatic carbocycles. The maximum atomic E-state index is 11.7. The highest BCUT2D eigenvalue weighted by atomic mass is 16.2. The normalized spacial score (nSPS) is 14.4. The van der Waals surface area contributed by atoms with Gasteiger partial charge in [0.1, 0.15) is 0 Å². The molecule has 0 aliphatic rings. The van der Waals surface area contributed by atoms with E-state index in [-0.39, 0.29) is 23.0 Å². The monoisotopic (exact) mass is 229 g/mol. The van der Waals surface area contributed by atoms with Crippen LogP contribution < -0.4 is 16.4 Å². The third-order valence-corrected chi connectivity index (χ3v) is 2.29. The molecule has 0 rings (SSSR count). The first-order valence-electron chi connectivity index (χ1n) is 5.85. The second-order valence-corrected chi connectivity index (χ2v) is 6.34. The van der Waals surface area contributed by atoms with Gasteiger partial charge < -0.3 is 16.4 Å². The molecule has 4 heteroatoms. The molecule has 0 radical (unpaired) electrons. The minimum absolute atomic E-state index is 0.0224. The minimum Gasteiger partial charge on any atom is -0.335 e. The molecule has 0 spiro atoms. The molecule has 16 heavy (non-hydrogen) atoms. The zero-order chi connectivity index (χ0) is 13.0. The van der Waals surface area contributed by atoms with Crippen LogP contribution in [0.15, 0.2) is 0 Å². The van der Waals surface area contributed by atoms with Gasteiger partial charge in [0.25, 0.3) is 0 Å². The molecular formula is C12H27N3O. The van der Waals surface area contributed by atoms with Crippen LogP contribution in [0.2, 0.25) is 0 Å². The van der Waals surface area contributed by atoms with Gasteiger partial charge in [-0.2, -0.15) is 0 Å². The summed E-state index contributed by atoms with van der Waals surface area (Å²) >= 11 is 0. The minimum atomic E-state index is -0.213. The number of carbonyl (C=O) groups excluding carboxylic acids is 1. The van der Waals surface area contributed by atoms with Crippen LogP contribution in [0.1, 0.15) is 48.0 Å². The first-order chi connectivity index (χ1) is 7.06. The predicted molar refractivity (Wildman–Crippen MR) is 68.3 cm³/mol. The quantitative estimate of drug-likeness (QED) is 0.691. The molecule has 0 aromatic heterocycles. The Labute approximate surface area is 99.4 Å². The van der Waals surface area contributed by atoms with Gasteiger partial charge >= 0.3 is 6.03 Å². The number of hydrogen-bond donors (Lipinski definition) is 3. The van der Waals surface area contributed by atoms with Crippen LogP contribution in [0.4, 0.5) is 4.79 Å². The second kappa shape index (κ2) is 5.53. The Morgan fingerprint density at radius 1 is 1.19 bits per heavy atom. The first-order valence-corrected chi connectivity index (χ1v) is 5.85. The van der Waals surface area contributed by atoms with Gasteiger partial charge in [0, 0.05) is 11.6 Å². The smallest absolute Gasteiger partial charge is 0.315 e. The van der Waals surface area contributed by atoms with Crippen molar-refractivity contribution in [3.05, 3.63) is 0 Å². The van der Waals surface area contributed by atoms with E-state index in [4.69, 9.17) is 5.73 Å². The highest BCUT2D eigenvalue weighted by Crippen LogP contribution is 2.21. The van der Waals surface area contributed by atoms with E-state index in [1.165, 1.54) is 0 Å². The fourth-order valence-corrected chi connectivity index (χ4v) is 1.42. The van der Waals surface area contributed by atoms with E-state index < -0.39 is 0 Å². The highest BCUT2D eigenvalue weighted by molar-refractivity contribution is 5.75. The van der Waals surface area contributed by atoms with Gasteiger partial charge in [-0.05, 0) is 39.2 Å². The lowest BCUT2D eigenvalue weighted by atomic mass is 9.85. The SMILES string of the molecule is CC(C)(C)NC(=O)NC(CCN)C(C)(C)C. The Morgan fingerprint density at radius 3 is 2.00 bits per heavy atom. The summed E-state index contributed by atoms with van der Waals surface area (Å²) in [4.78, 5) is 11.7. The van der Waals surface area contributed by atoms with Crippen molar-refractivity contribution in [2.45, 2.75) is 59.5 Å². The fourth-order valence-electron chi connectivity index (χ4n) is 1.42. The van der Waals surface area contributed by atoms with E-state index in [1.54, 1.807) is 0 Å². The molecule has 0 bridgehead atoms. The molecule has 4 N–H and O–H groups in total. The predicted octanol–water partition coefficient (Wildman–Crippen LogP) is 1.85. The molecule has 0 saturated heterocycles. The zero-order valence-electron chi connectivity index (χ0n) is 11.5. The fraction of sp³-hybridized carbons (Fsp3) is 0.917. The number of hydrogen-bond acceptors (Lipinski definition) is 2. The molecule has 0 fully saturated rings. The van der Waals surface area contributed by atoms with Crippen LogP contribution in [0, 0.1) is 5.41 Å². The molecule has 1 unspecified atom stereocenters. The van der Waals surface area contributed by atoms with Crippen molar-refractivity contribution < 1.29 is 4.79 Å². The lowest BCUT2D eigenvalue weighted by molar-refractivity contribution is 0.207. The van der Waals surface area contributed by atoms with E-state index in [0.29, 0.717) is 6.54 Å². The number of nitrogens with one attached hydrogen (secondary N) is 2. The van der Waals surface area contributed by atoms with Crippen molar-refractivity contribution >= 4 is 6.03 Å². The summed E-state index contributed by atoms with van der Waals surface area (Å²) in [5.74, 6) is 0. The van der Waals surface area contributed by atoms with Gasteiger partial charge in [0.2, 0.25) is 0 Å². The van der Waals surface area contributed by atoms with Gasteiger partial charge in [-0.3, -0.25) is 0 Å². The van der Waals surface area contributed by atoms with E-state index in [1.807, 2.05) is 20.8 Å². The molecule has 0 saturated carbocycles. The summed E-state index contributed by atoms with van der Waals surface area (Å²) in [6.45, 7) is 12.8. The molecule has 4 nitrogen and oxygen atoms in total. The maximum absolute atomic E-state index is 11.7. The van der Waals surface area contributed by atoms with Crippen LogP contribution in [0.5, 0.6) is 0 Å². The average Bonchev–Trinajstić information content (AvgIpc) is 1.97. The highest BCUT2D eigenvalue weighted by Gasteiger charge is 2.26. The number of amides is 2. The Hall–Kier alpha value is -0.770. The van der Waals surface area contributed by atoms with Crippen LogP contribution >= 0.6 is 0 Å². The van der Waals surface area contributed by atoms with Crippen molar-refractivity contribution in [1.82, 2.24) is 10.6 Å². The Bertz CT molecular complexity index is 225. The van der Waals surface area contributed by atoms with Crippen LogP contribution in [0.3, 0.4) is 0 Å². The molecule has 0 aliphatic heterocycles. The maximum Gasteiger partial charge on any atom is 0.315 e. The molecule has 0 aromatic rings. The molecule has 0 heterocycles. The van der Waals surface area contributed by atoms with E-state index in [9.17, 15) is 4.79 Å². The molecule has 0 aromatic carbocycles. The molecule has 2 amide bonds. The van der Waals surface area contributed by atoms with E-state index in [2.05, 4.69) is 31.4 Å². The Balaban J connectivity index is 4.36. The summed E-state index contributed by atoms with van der Waals surface area (Å²) in [6.07, 6.45) is 0.793. The molecule has 96 valence electrons. The van der Waals surface area contributed by atoms with Gasteiger partial charge in [-0.1, -0.05) is 20.8 Å². The number of rotatable bonds is 3. The summed E-state index contributed by atoms with van der Waals surface area (Å²) in [5, 5.41) is 5.87. The molecular weight excluding hydrogens is 202 g/mol. The van der Waals surface area contributed by atoms with Crippen molar-refractivity contribution in [2.75, 3.05) is 6.54 Å². The molecule has 1 atom stereocenters. The second-order valence-electron chi connectivity index (χ2n) is 6.34. The third-order valence-electron chi connectivity index (χ3n) is 2.29. The van der Waals surface area contributed by atoms with Gasteiger partial charge in [-0.25, -0.2) is 4.79 Å². The van der Waals surface area contributed by atoms with Crippen molar-refractivity contribution in [2.24, 2.45) is 11.1 Å². The summed E-state index contributed by atoms with van der Waals surface area (Å²) < 4.78 is 0. The number of urea groups is 1. The topological polar surface area (TPSA) is 67.2 Å². The van der Waals surface area contributed by atoms with E-state index in [0.717, 1.165) is 6.42 Å². The number of nitrogens with two attached hydrogens (primary N) is 1. The average molecular weight is 229 g/mol. The summed E-state index contributed by atoms with van der Waals surface area (Å²) in [6, 6.07) is -0.0271. The van der Waals surface area contributed by atoms with Crippen LogP contribution in [-0.4, -0.2) is 24.2 Å². The Kier molecular flexibility index (Phi) is 5.26. The lowest BCUT2D eigenvalue weighted by Crippen LogP contribution is -2.53. The largest absolute Gasteiger partial charge is 0.335 e. The third kappa shape index (κ3) is 6.67. The number of carbonyl (C=O) groups is 1. The van der Waals surface area contributed by atoms with Crippen molar-refractivity contribution in [3.8, 4) is 0 Å². The van der Waals surface area contributed by atoms with Gasteiger partial charge in [0.05, 0.1) is 0 Å². The van der Waals surface area contributed by atoms with Gasteiger partial charge in [0.15, 0.2) is 0 Å². The van der Waals surface area contributed by atoms with E-state index >= 15 is 0 Å². The van der Waals surface area contributed by atoms with Crippen molar-refractivity contribution in [3.63, 3.8) is 0 Å². The lowest BCUT2D eigenvalue weighted by Gasteiger charge is -2.32. The zero-order valence-corrected chi connectivity index (χ0v) is 11.5. The summed E-state index contributed by atoms with van der Waals surface area (Å²) in [5.41, 5.74) is 5.37. The van der Waals surface area contributed by atoms with Gasteiger partial charge in [-0.15, -0.1) is 0 Å². The van der Waals surface area contributed by atoms with Crippen molar-refractivity contribution in [1.29, 1.82) is 0 Å². The first kappa shape index (κ1) is 15.2. The Morgan fingerprint density at radius 2 is 1.69 bits per heavy atom. The van der Waals surface area contributed by atoms with Crippen LogP contribution in [0.25, 0.3) is 0 Å². The van der Waals surface area contributed by atoms with Crippen LogP contribution in [-0.2, 0) is 0 Å². The standard InChI is InChI=1S/C12H27N3O/c1-11(2,3)9(7-8-13)14-10(16)15-12(4,5)6/h9H,7-8,13H2,1-6H3,(H2,14,15,16).